The van der Waals surface area contributed by atoms with Crippen LogP contribution in [0.15, 0.2) is 41.0 Å². The van der Waals surface area contributed by atoms with Crippen LogP contribution < -0.4 is 0 Å². The Bertz CT molecular complexity index is 729. The van der Waals surface area contributed by atoms with Crippen LogP contribution in [0.3, 0.4) is 0 Å². The van der Waals surface area contributed by atoms with Gasteiger partial charge in [-0.3, -0.25) is 4.90 Å². The van der Waals surface area contributed by atoms with Crippen LogP contribution in [0.1, 0.15) is 37.8 Å². The van der Waals surface area contributed by atoms with Crippen molar-refractivity contribution >= 4 is 11.0 Å². The third-order valence-corrected chi connectivity index (χ3v) is 5.91. The molecule has 1 aliphatic carbocycles. The SMILES string of the molecule is CCC1CC2C=CC1N([C@H](C)Cc1coc3ccc(C)cc13)C2. The van der Waals surface area contributed by atoms with Crippen LogP contribution in [0.25, 0.3) is 11.0 Å². The number of nitrogens with zero attached hydrogens (tertiary/aromatic N) is 1. The highest BCUT2D eigenvalue weighted by Crippen LogP contribution is 2.38. The Morgan fingerprint density at radius 2 is 2.17 bits per heavy atom. The van der Waals surface area contributed by atoms with Gasteiger partial charge in [-0.25, -0.2) is 0 Å². The van der Waals surface area contributed by atoms with Crippen LogP contribution in [-0.2, 0) is 6.42 Å². The van der Waals surface area contributed by atoms with Crippen molar-refractivity contribution in [1.29, 1.82) is 0 Å². The van der Waals surface area contributed by atoms with Crippen LogP contribution >= 0.6 is 0 Å². The summed E-state index contributed by atoms with van der Waals surface area (Å²) in [6.07, 6.45) is 10.6. The molecule has 4 atom stereocenters. The summed E-state index contributed by atoms with van der Waals surface area (Å²) in [5, 5.41) is 1.29. The predicted molar refractivity (Wildman–Crippen MR) is 95.6 cm³/mol. The minimum atomic E-state index is 0.558. The van der Waals surface area contributed by atoms with E-state index in [1.54, 1.807) is 0 Å². The summed E-state index contributed by atoms with van der Waals surface area (Å²) in [6.45, 7) is 8.11. The molecule has 3 heterocycles. The minimum absolute atomic E-state index is 0.558. The highest BCUT2D eigenvalue weighted by atomic mass is 16.3. The van der Waals surface area contributed by atoms with Gasteiger partial charge in [0.15, 0.2) is 0 Å². The van der Waals surface area contributed by atoms with Crippen molar-refractivity contribution in [1.82, 2.24) is 4.90 Å². The molecular weight excluding hydrogens is 282 g/mol. The molecule has 0 amide bonds. The quantitative estimate of drug-likeness (QED) is 0.742. The van der Waals surface area contributed by atoms with Crippen molar-refractivity contribution < 1.29 is 4.42 Å². The fraction of sp³-hybridized carbons (Fsp3) is 0.524. The van der Waals surface area contributed by atoms with Gasteiger partial charge in [0.2, 0.25) is 0 Å². The normalized spacial score (nSPS) is 28.6. The van der Waals surface area contributed by atoms with E-state index < -0.39 is 0 Å². The number of aryl methyl sites for hydroxylation is 1. The maximum atomic E-state index is 5.76. The Hall–Kier alpha value is -1.54. The first-order valence-corrected chi connectivity index (χ1v) is 9.06. The first-order valence-electron chi connectivity index (χ1n) is 9.06. The molecule has 5 rings (SSSR count). The standard InChI is InChI=1S/C21H27NO/c1-4-17-11-16-6-7-20(17)22(12-16)15(3)10-18-13-23-21-8-5-14(2)9-19(18)21/h5-9,13,15-17,20H,4,10-12H2,1-3H3/t15-,16?,17?,20?/m1/s1. The first-order chi connectivity index (χ1) is 11.2. The average Bonchev–Trinajstić information content (AvgIpc) is 2.97. The average molecular weight is 309 g/mol. The number of rotatable bonds is 4. The molecule has 122 valence electrons. The van der Waals surface area contributed by atoms with E-state index in [1.165, 1.54) is 35.9 Å². The van der Waals surface area contributed by atoms with E-state index >= 15 is 0 Å². The summed E-state index contributed by atoms with van der Waals surface area (Å²) in [5.74, 6) is 1.60. The van der Waals surface area contributed by atoms with E-state index in [4.69, 9.17) is 4.42 Å². The predicted octanol–water partition coefficient (Wildman–Crippen LogP) is 4.96. The summed E-state index contributed by atoms with van der Waals surface area (Å²) in [5.41, 5.74) is 3.68. The van der Waals surface area contributed by atoms with E-state index in [0.717, 1.165) is 23.8 Å². The van der Waals surface area contributed by atoms with Gasteiger partial charge in [0.25, 0.3) is 0 Å². The molecule has 0 N–H and O–H groups in total. The second-order valence-electron chi connectivity index (χ2n) is 7.55. The minimum Gasteiger partial charge on any atom is -0.464 e. The molecule has 2 bridgehead atoms. The highest BCUT2D eigenvalue weighted by Gasteiger charge is 2.38. The van der Waals surface area contributed by atoms with Gasteiger partial charge in [0, 0.05) is 24.0 Å². The largest absolute Gasteiger partial charge is 0.464 e. The molecule has 1 aromatic carbocycles. The van der Waals surface area contributed by atoms with E-state index in [1.807, 2.05) is 6.26 Å². The lowest BCUT2D eigenvalue weighted by molar-refractivity contribution is 0.0490. The van der Waals surface area contributed by atoms with Gasteiger partial charge < -0.3 is 4.42 Å². The molecular formula is C21H27NO. The molecule has 0 radical (unpaired) electrons. The highest BCUT2D eigenvalue weighted by molar-refractivity contribution is 5.81. The Balaban J connectivity index is 1.56. The van der Waals surface area contributed by atoms with Crippen molar-refractivity contribution in [2.45, 2.75) is 52.1 Å². The van der Waals surface area contributed by atoms with Crippen molar-refractivity contribution in [2.24, 2.45) is 11.8 Å². The zero-order valence-electron chi connectivity index (χ0n) is 14.5. The number of hydrogen-bond acceptors (Lipinski definition) is 2. The van der Waals surface area contributed by atoms with Crippen molar-refractivity contribution in [2.75, 3.05) is 6.54 Å². The maximum absolute atomic E-state index is 5.76. The number of furan rings is 1. The Morgan fingerprint density at radius 3 is 2.96 bits per heavy atom. The molecule has 0 saturated carbocycles. The molecule has 0 spiro atoms. The number of piperidine rings is 1. The lowest BCUT2D eigenvalue weighted by Crippen LogP contribution is -2.54. The molecule has 23 heavy (non-hydrogen) atoms. The molecule has 1 aromatic heterocycles. The van der Waals surface area contributed by atoms with Gasteiger partial charge in [-0.15, -0.1) is 0 Å². The maximum Gasteiger partial charge on any atom is 0.134 e. The van der Waals surface area contributed by atoms with Gasteiger partial charge >= 0.3 is 0 Å². The van der Waals surface area contributed by atoms with Crippen molar-refractivity contribution in [3.05, 3.63) is 47.7 Å². The van der Waals surface area contributed by atoms with Crippen LogP contribution in [0.5, 0.6) is 0 Å². The van der Waals surface area contributed by atoms with Gasteiger partial charge in [0.1, 0.15) is 5.58 Å². The van der Waals surface area contributed by atoms with E-state index in [-0.39, 0.29) is 0 Å². The lowest BCUT2D eigenvalue weighted by atomic mass is 9.75. The second-order valence-corrected chi connectivity index (χ2v) is 7.55. The fourth-order valence-corrected chi connectivity index (χ4v) is 4.62. The van der Waals surface area contributed by atoms with E-state index in [2.05, 4.69) is 56.0 Å². The Labute approximate surface area is 139 Å². The summed E-state index contributed by atoms with van der Waals surface area (Å²) in [7, 11) is 0. The Kier molecular flexibility index (Phi) is 3.81. The third kappa shape index (κ3) is 2.63. The van der Waals surface area contributed by atoms with Crippen molar-refractivity contribution in [3.8, 4) is 0 Å². The van der Waals surface area contributed by atoms with Crippen molar-refractivity contribution in [3.63, 3.8) is 0 Å². The smallest absolute Gasteiger partial charge is 0.134 e. The van der Waals surface area contributed by atoms with Crippen LogP contribution in [0, 0.1) is 18.8 Å². The molecule has 3 aliphatic rings. The number of benzene rings is 1. The van der Waals surface area contributed by atoms with Crippen LogP contribution in [0.4, 0.5) is 0 Å². The van der Waals surface area contributed by atoms with Gasteiger partial charge in [-0.05, 0) is 56.2 Å². The summed E-state index contributed by atoms with van der Waals surface area (Å²) in [4.78, 5) is 2.73. The zero-order valence-corrected chi connectivity index (χ0v) is 14.5. The molecule has 1 saturated heterocycles. The Morgan fingerprint density at radius 1 is 1.30 bits per heavy atom. The second kappa shape index (κ2) is 5.83. The van der Waals surface area contributed by atoms with E-state index in [0.29, 0.717) is 12.1 Å². The molecule has 2 aromatic rings. The van der Waals surface area contributed by atoms with Gasteiger partial charge in [0.05, 0.1) is 6.26 Å². The summed E-state index contributed by atoms with van der Waals surface area (Å²) in [6, 6.07) is 7.68. The first kappa shape index (κ1) is 15.0. The summed E-state index contributed by atoms with van der Waals surface area (Å²) >= 11 is 0. The molecule has 2 heteroatoms. The molecule has 2 aliphatic heterocycles. The summed E-state index contributed by atoms with van der Waals surface area (Å²) < 4.78 is 5.76. The van der Waals surface area contributed by atoms with Gasteiger partial charge in [-0.2, -0.15) is 0 Å². The van der Waals surface area contributed by atoms with Gasteiger partial charge in [-0.1, -0.05) is 37.1 Å². The molecule has 1 fully saturated rings. The topological polar surface area (TPSA) is 16.4 Å². The molecule has 3 unspecified atom stereocenters. The fourth-order valence-electron chi connectivity index (χ4n) is 4.62. The number of fused-ring (bicyclic) bond motifs is 3. The monoisotopic (exact) mass is 309 g/mol. The lowest BCUT2D eigenvalue weighted by Gasteiger charge is -2.49. The van der Waals surface area contributed by atoms with E-state index in [9.17, 15) is 0 Å². The molecule has 2 nitrogen and oxygen atoms in total. The zero-order chi connectivity index (χ0) is 16.0. The van der Waals surface area contributed by atoms with Crippen LogP contribution in [0.2, 0.25) is 0 Å². The van der Waals surface area contributed by atoms with Crippen LogP contribution in [-0.4, -0.2) is 23.5 Å². The third-order valence-electron chi connectivity index (χ3n) is 5.91. The number of hydrogen-bond donors (Lipinski definition) is 0.